The van der Waals surface area contributed by atoms with E-state index in [2.05, 4.69) is 55.4 Å². The summed E-state index contributed by atoms with van der Waals surface area (Å²) in [5, 5.41) is 4.62. The number of fused-ring (bicyclic) bond motifs is 5. The molecule has 27 heavy (non-hydrogen) atoms. The van der Waals surface area contributed by atoms with Crippen molar-refractivity contribution in [3.8, 4) is 0 Å². The fraction of sp³-hybridized carbons (Fsp3) is 0.318. The number of aromatic nitrogens is 1. The molecule has 2 aliphatic rings. The van der Waals surface area contributed by atoms with E-state index in [9.17, 15) is 4.79 Å². The summed E-state index contributed by atoms with van der Waals surface area (Å²) in [7, 11) is 0. The summed E-state index contributed by atoms with van der Waals surface area (Å²) in [6.45, 7) is 2.13. The van der Waals surface area contributed by atoms with Crippen LogP contribution in [-0.4, -0.2) is 34.9 Å². The van der Waals surface area contributed by atoms with Gasteiger partial charge in [-0.3, -0.25) is 9.69 Å². The van der Waals surface area contributed by atoms with E-state index in [0.29, 0.717) is 11.6 Å². The van der Waals surface area contributed by atoms with E-state index >= 15 is 0 Å². The summed E-state index contributed by atoms with van der Waals surface area (Å²) in [5.41, 5.74) is 4.74. The third-order valence-corrected chi connectivity index (χ3v) is 6.69. The number of H-pyrrole nitrogens is 1. The molecule has 3 aromatic rings. The molecule has 3 heterocycles. The molecule has 0 spiro atoms. The third kappa shape index (κ3) is 2.99. The number of benzene rings is 2. The Labute approximate surface area is 167 Å². The minimum absolute atomic E-state index is 0.00797. The molecule has 4 nitrogen and oxygen atoms in total. The number of hydrogen-bond donors (Lipinski definition) is 2. The molecule has 2 aliphatic heterocycles. The predicted octanol–water partition coefficient (Wildman–Crippen LogP) is 4.42. The number of nitrogens with one attached hydrogen (secondary N) is 2. The summed E-state index contributed by atoms with van der Waals surface area (Å²) < 4.78 is 0.843. The van der Waals surface area contributed by atoms with Crippen LogP contribution >= 0.6 is 15.9 Å². The molecule has 138 valence electrons. The zero-order valence-corrected chi connectivity index (χ0v) is 16.6. The highest BCUT2D eigenvalue weighted by molar-refractivity contribution is 9.10. The van der Waals surface area contributed by atoms with E-state index in [1.54, 1.807) is 0 Å². The molecule has 2 atom stereocenters. The van der Waals surface area contributed by atoms with Crippen molar-refractivity contribution >= 4 is 32.7 Å². The van der Waals surface area contributed by atoms with Crippen molar-refractivity contribution in [2.75, 3.05) is 13.1 Å². The second-order valence-electron chi connectivity index (χ2n) is 7.54. The van der Waals surface area contributed by atoms with Crippen molar-refractivity contribution in [1.29, 1.82) is 0 Å². The molecule has 0 saturated carbocycles. The fourth-order valence-electron chi connectivity index (χ4n) is 4.65. The number of hydrogen-bond acceptors (Lipinski definition) is 2. The van der Waals surface area contributed by atoms with E-state index in [1.165, 1.54) is 22.2 Å². The van der Waals surface area contributed by atoms with E-state index in [1.807, 2.05) is 24.3 Å². The number of amides is 1. The molecule has 2 aromatic carbocycles. The van der Waals surface area contributed by atoms with Crippen LogP contribution in [0.3, 0.4) is 0 Å². The van der Waals surface area contributed by atoms with Crippen LogP contribution in [0.25, 0.3) is 10.9 Å². The molecule has 1 aromatic heterocycles. The maximum absolute atomic E-state index is 12.7. The maximum atomic E-state index is 12.7. The zero-order chi connectivity index (χ0) is 18.4. The topological polar surface area (TPSA) is 48.1 Å². The molecule has 1 fully saturated rings. The predicted molar refractivity (Wildman–Crippen MR) is 111 cm³/mol. The zero-order valence-electron chi connectivity index (χ0n) is 15.0. The van der Waals surface area contributed by atoms with Crippen molar-refractivity contribution in [3.63, 3.8) is 0 Å². The van der Waals surface area contributed by atoms with Crippen molar-refractivity contribution in [2.45, 2.75) is 31.3 Å². The normalized spacial score (nSPS) is 22.3. The van der Waals surface area contributed by atoms with Crippen molar-refractivity contribution in [2.24, 2.45) is 0 Å². The molecular weight excluding hydrogens is 402 g/mol. The molecule has 5 rings (SSSR count). The average Bonchev–Trinajstić information content (AvgIpc) is 3.07. The van der Waals surface area contributed by atoms with Crippen LogP contribution in [0.15, 0.2) is 53.0 Å². The van der Waals surface area contributed by atoms with Crippen LogP contribution < -0.4 is 5.32 Å². The monoisotopic (exact) mass is 423 g/mol. The first-order valence-electron chi connectivity index (χ1n) is 9.59. The van der Waals surface area contributed by atoms with Gasteiger partial charge in [-0.25, -0.2) is 0 Å². The lowest BCUT2D eigenvalue weighted by molar-refractivity contribution is 0.0838. The summed E-state index contributed by atoms with van der Waals surface area (Å²) in [6, 6.07) is 16.7. The fourth-order valence-corrected chi connectivity index (χ4v) is 5.12. The smallest absolute Gasteiger partial charge is 0.252 e. The minimum atomic E-state index is 0.00797. The summed E-state index contributed by atoms with van der Waals surface area (Å²) >= 11 is 3.48. The highest BCUT2D eigenvalue weighted by Gasteiger charge is 2.36. The lowest BCUT2D eigenvalue weighted by Crippen LogP contribution is -2.48. The highest BCUT2D eigenvalue weighted by atomic mass is 79.9. The second kappa shape index (κ2) is 6.80. The van der Waals surface area contributed by atoms with Crippen molar-refractivity contribution in [1.82, 2.24) is 15.2 Å². The van der Waals surface area contributed by atoms with Gasteiger partial charge in [0, 0.05) is 40.2 Å². The van der Waals surface area contributed by atoms with Gasteiger partial charge in [0.25, 0.3) is 5.91 Å². The van der Waals surface area contributed by atoms with Gasteiger partial charge in [0.05, 0.1) is 11.6 Å². The third-order valence-electron chi connectivity index (χ3n) is 6.00. The average molecular weight is 424 g/mol. The summed E-state index contributed by atoms with van der Waals surface area (Å²) in [6.07, 6.45) is 3.06. The van der Waals surface area contributed by atoms with Crippen LogP contribution in [0.1, 0.15) is 40.5 Å². The first-order chi connectivity index (χ1) is 13.2. The summed E-state index contributed by atoms with van der Waals surface area (Å²) in [5.74, 6) is 0.00797. The van der Waals surface area contributed by atoms with Crippen molar-refractivity contribution < 1.29 is 4.79 Å². The number of rotatable bonds is 2. The second-order valence-corrected chi connectivity index (χ2v) is 8.39. The Kier molecular flexibility index (Phi) is 4.29. The lowest BCUT2D eigenvalue weighted by Gasteiger charge is -2.42. The van der Waals surface area contributed by atoms with E-state index in [4.69, 9.17) is 0 Å². The Hall–Kier alpha value is -2.11. The van der Waals surface area contributed by atoms with E-state index in [0.717, 1.165) is 36.8 Å². The van der Waals surface area contributed by atoms with Gasteiger partial charge in [-0.1, -0.05) is 30.3 Å². The van der Waals surface area contributed by atoms with E-state index < -0.39 is 0 Å². The molecule has 1 saturated heterocycles. The largest absolute Gasteiger partial charge is 0.357 e. The van der Waals surface area contributed by atoms with Crippen LogP contribution in [-0.2, 0) is 6.42 Å². The Balaban J connectivity index is 1.39. The van der Waals surface area contributed by atoms with Gasteiger partial charge < -0.3 is 10.3 Å². The van der Waals surface area contributed by atoms with E-state index in [-0.39, 0.29) is 11.9 Å². The molecule has 1 amide bonds. The summed E-state index contributed by atoms with van der Waals surface area (Å²) in [4.78, 5) is 19.0. The van der Waals surface area contributed by atoms with Gasteiger partial charge in [-0.15, -0.1) is 0 Å². The van der Waals surface area contributed by atoms with Crippen LogP contribution in [0, 0.1) is 0 Å². The number of nitrogens with zero attached hydrogens (tertiary/aromatic N) is 1. The Morgan fingerprint density at radius 3 is 2.81 bits per heavy atom. The molecule has 0 bridgehead atoms. The molecule has 2 N–H and O–H groups in total. The molecule has 0 radical (unpaired) electrons. The van der Waals surface area contributed by atoms with Crippen molar-refractivity contribution in [3.05, 3.63) is 69.8 Å². The number of carbonyl (C=O) groups is 1. The number of para-hydroxylation sites is 1. The molecule has 5 heteroatoms. The SMILES string of the molecule is O=C(N[C@H]1CCN2CCc3c([nH]c4ccccc34)[C@@H]2C1)c1ccccc1Br. The van der Waals surface area contributed by atoms with Crippen LogP contribution in [0.5, 0.6) is 0 Å². The highest BCUT2D eigenvalue weighted by Crippen LogP contribution is 2.39. The Morgan fingerprint density at radius 2 is 1.93 bits per heavy atom. The lowest BCUT2D eigenvalue weighted by atomic mass is 9.88. The van der Waals surface area contributed by atoms with Crippen LogP contribution in [0.4, 0.5) is 0 Å². The van der Waals surface area contributed by atoms with Gasteiger partial charge in [-0.2, -0.15) is 0 Å². The van der Waals surface area contributed by atoms with Gasteiger partial charge in [0.1, 0.15) is 0 Å². The molecular formula is C22H22BrN3O. The Bertz CT molecular complexity index is 1010. The quantitative estimate of drug-likeness (QED) is 0.640. The maximum Gasteiger partial charge on any atom is 0.252 e. The molecule has 0 aliphatic carbocycles. The van der Waals surface area contributed by atoms with Gasteiger partial charge in [0.15, 0.2) is 0 Å². The first kappa shape index (κ1) is 17.0. The number of halogens is 1. The Morgan fingerprint density at radius 1 is 1.11 bits per heavy atom. The first-order valence-corrected chi connectivity index (χ1v) is 10.4. The van der Waals surface area contributed by atoms with Crippen LogP contribution in [0.2, 0.25) is 0 Å². The van der Waals surface area contributed by atoms with Gasteiger partial charge >= 0.3 is 0 Å². The van der Waals surface area contributed by atoms with Gasteiger partial charge in [0.2, 0.25) is 0 Å². The number of aromatic amines is 1. The molecule has 0 unspecified atom stereocenters. The standard InChI is InChI=1S/C22H22BrN3O/c23-18-7-3-1-6-17(18)22(27)24-14-9-11-26-12-10-16-15-5-2-4-8-19(15)25-21(16)20(26)13-14/h1-8,14,20,25H,9-13H2,(H,24,27)/t14-,20-/m0/s1. The number of carbonyl (C=O) groups excluding carboxylic acids is 1. The van der Waals surface area contributed by atoms with Gasteiger partial charge in [-0.05, 0) is 59.0 Å². The number of piperidine rings is 1. The minimum Gasteiger partial charge on any atom is -0.357 e.